The lowest BCUT2D eigenvalue weighted by Crippen LogP contribution is -2.65. The number of hydrogen-bond donors (Lipinski definition) is 9. The Labute approximate surface area is 486 Å². The van der Waals surface area contributed by atoms with Crippen LogP contribution in [-0.2, 0) is 23.7 Å². The minimum Gasteiger partial charge on any atom is -0.394 e. The average molecular weight is 1130 g/mol. The molecule has 0 aromatic carbocycles. The van der Waals surface area contributed by atoms with Crippen molar-refractivity contribution < 1.29 is 64.6 Å². The van der Waals surface area contributed by atoms with Crippen molar-refractivity contribution in [2.45, 2.75) is 331 Å². The molecule has 2 aliphatic rings. The summed E-state index contributed by atoms with van der Waals surface area (Å²) in [5, 5.41) is 87.2. The highest BCUT2D eigenvalue weighted by atomic mass is 16.7. The van der Waals surface area contributed by atoms with Gasteiger partial charge in [-0.25, -0.2) is 0 Å². The summed E-state index contributed by atoms with van der Waals surface area (Å²) in [5.41, 5.74) is 0. The van der Waals surface area contributed by atoms with E-state index in [4.69, 9.17) is 18.9 Å². The summed E-state index contributed by atoms with van der Waals surface area (Å²) in [4.78, 5) is 13.3. The molecule has 0 saturated carbocycles. The maximum atomic E-state index is 13.3. The van der Waals surface area contributed by atoms with Crippen LogP contribution in [-0.4, -0.2) is 140 Å². The molecule has 2 fully saturated rings. The van der Waals surface area contributed by atoms with Gasteiger partial charge in [0.15, 0.2) is 12.6 Å². The molecule has 14 heteroatoms. The van der Waals surface area contributed by atoms with Crippen LogP contribution in [0.15, 0.2) is 60.8 Å². The number of allylic oxidation sites excluding steroid dienone is 9. The van der Waals surface area contributed by atoms with Gasteiger partial charge in [0, 0.05) is 6.42 Å². The first kappa shape index (κ1) is 73.8. The summed E-state index contributed by atoms with van der Waals surface area (Å²) in [6.07, 6.45) is 49.8. The number of aliphatic hydroxyl groups excluding tert-OH is 8. The maximum absolute atomic E-state index is 13.3. The average Bonchev–Trinajstić information content (AvgIpc) is 3.46. The van der Waals surface area contributed by atoms with Crippen LogP contribution in [0.2, 0.25) is 0 Å². The molecule has 2 heterocycles. The molecule has 0 aromatic rings. The molecule has 80 heavy (non-hydrogen) atoms. The molecule has 1 amide bonds. The van der Waals surface area contributed by atoms with Crippen LogP contribution in [0.25, 0.3) is 0 Å². The van der Waals surface area contributed by atoms with Crippen molar-refractivity contribution >= 4 is 5.91 Å². The molecule has 0 aliphatic carbocycles. The zero-order valence-electron chi connectivity index (χ0n) is 50.3. The monoisotopic (exact) mass is 1130 g/mol. The largest absolute Gasteiger partial charge is 0.394 e. The van der Waals surface area contributed by atoms with E-state index in [1.165, 1.54) is 167 Å². The highest BCUT2D eigenvalue weighted by Crippen LogP contribution is 2.30. The molecule has 0 aromatic heterocycles. The van der Waals surface area contributed by atoms with Gasteiger partial charge in [-0.05, 0) is 77.0 Å². The minimum absolute atomic E-state index is 0.257. The molecule has 2 saturated heterocycles. The van der Waals surface area contributed by atoms with E-state index in [1.54, 1.807) is 6.08 Å². The van der Waals surface area contributed by atoms with E-state index in [9.17, 15) is 45.6 Å². The first-order chi connectivity index (χ1) is 39.1. The van der Waals surface area contributed by atoms with Crippen LogP contribution < -0.4 is 5.32 Å². The summed E-state index contributed by atoms with van der Waals surface area (Å²) >= 11 is 0. The smallest absolute Gasteiger partial charge is 0.220 e. The van der Waals surface area contributed by atoms with Gasteiger partial charge in [-0.2, -0.15) is 0 Å². The molecule has 0 spiro atoms. The van der Waals surface area contributed by atoms with Crippen LogP contribution in [0.5, 0.6) is 0 Å². The lowest BCUT2D eigenvalue weighted by Gasteiger charge is -2.46. The Morgan fingerprint density at radius 1 is 0.450 bits per heavy atom. The van der Waals surface area contributed by atoms with Crippen LogP contribution in [0, 0.1) is 0 Å². The second-order valence-electron chi connectivity index (χ2n) is 22.9. The van der Waals surface area contributed by atoms with E-state index in [2.05, 4.69) is 67.8 Å². The maximum Gasteiger partial charge on any atom is 0.220 e. The van der Waals surface area contributed by atoms with Crippen LogP contribution >= 0.6 is 0 Å². The Bertz CT molecular complexity index is 1570. The van der Waals surface area contributed by atoms with Crippen molar-refractivity contribution in [2.75, 3.05) is 19.8 Å². The third kappa shape index (κ3) is 35.7. The van der Waals surface area contributed by atoms with Gasteiger partial charge >= 0.3 is 0 Å². The minimum atomic E-state index is -1.80. The Morgan fingerprint density at radius 2 is 0.838 bits per heavy atom. The molecule has 0 bridgehead atoms. The van der Waals surface area contributed by atoms with Gasteiger partial charge in [0.1, 0.15) is 48.8 Å². The Hall–Kier alpha value is -2.31. The van der Waals surface area contributed by atoms with Crippen molar-refractivity contribution in [2.24, 2.45) is 0 Å². The number of rotatable bonds is 52. The van der Waals surface area contributed by atoms with Gasteiger partial charge in [-0.1, -0.05) is 235 Å². The van der Waals surface area contributed by atoms with Crippen molar-refractivity contribution in [1.29, 1.82) is 0 Å². The molecule has 0 radical (unpaired) electrons. The fourth-order valence-electron chi connectivity index (χ4n) is 10.4. The summed E-state index contributed by atoms with van der Waals surface area (Å²) < 4.78 is 22.8. The SMILES string of the molecule is CCCCCCC/C=C\C/C=C\CCCCCCCCCCCC(=O)NC(COC1OC(CO)C(OC2OC(CO)C(O)C(O)C2O)C(O)C1O)C(O)/C=C/CC/C=C/CC/C=C/CCCCCCCCCCCCCCCCC. The number of aliphatic hydroxyl groups is 8. The predicted molar refractivity (Wildman–Crippen MR) is 323 cm³/mol. The highest BCUT2D eigenvalue weighted by Gasteiger charge is 2.51. The molecule has 12 unspecified atom stereocenters. The number of unbranched alkanes of at least 4 members (excludes halogenated alkanes) is 31. The Morgan fingerprint density at radius 3 is 1.30 bits per heavy atom. The van der Waals surface area contributed by atoms with Crippen LogP contribution in [0.4, 0.5) is 0 Å². The number of carbonyl (C=O) groups is 1. The number of ether oxygens (including phenoxy) is 4. The number of amides is 1. The first-order valence-electron chi connectivity index (χ1n) is 32.5. The summed E-state index contributed by atoms with van der Waals surface area (Å²) in [6, 6.07) is -0.943. The molecule has 9 N–H and O–H groups in total. The third-order valence-electron chi connectivity index (χ3n) is 15.7. The normalized spacial score (nSPS) is 24.6. The number of carbonyl (C=O) groups excluding carboxylic acids is 1. The van der Waals surface area contributed by atoms with E-state index in [0.717, 1.165) is 57.8 Å². The Balaban J connectivity index is 1.76. The summed E-state index contributed by atoms with van der Waals surface area (Å²) in [7, 11) is 0. The summed E-state index contributed by atoms with van der Waals surface area (Å²) in [5.74, 6) is -0.257. The van der Waals surface area contributed by atoms with E-state index < -0.39 is 86.8 Å². The zero-order valence-corrected chi connectivity index (χ0v) is 50.3. The van der Waals surface area contributed by atoms with E-state index in [-0.39, 0.29) is 18.9 Å². The fourth-order valence-corrected chi connectivity index (χ4v) is 10.4. The molecule has 12 atom stereocenters. The fraction of sp³-hybridized carbons (Fsp3) is 0.833. The van der Waals surface area contributed by atoms with Crippen molar-refractivity contribution in [1.82, 2.24) is 5.32 Å². The topological polar surface area (TPSA) is 228 Å². The zero-order chi connectivity index (χ0) is 58.1. The van der Waals surface area contributed by atoms with Crippen molar-refractivity contribution in [3.63, 3.8) is 0 Å². The lowest BCUT2D eigenvalue weighted by molar-refractivity contribution is -0.359. The molecule has 2 rings (SSSR count). The second kappa shape index (κ2) is 51.1. The lowest BCUT2D eigenvalue weighted by atomic mass is 9.97. The van der Waals surface area contributed by atoms with Gasteiger partial charge < -0.3 is 65.1 Å². The van der Waals surface area contributed by atoms with Gasteiger partial charge in [-0.3, -0.25) is 4.79 Å². The van der Waals surface area contributed by atoms with Gasteiger partial charge in [0.05, 0.1) is 32.0 Å². The van der Waals surface area contributed by atoms with E-state index >= 15 is 0 Å². The van der Waals surface area contributed by atoms with E-state index in [1.807, 2.05) is 6.08 Å². The van der Waals surface area contributed by atoms with Crippen molar-refractivity contribution in [3.05, 3.63) is 60.8 Å². The first-order valence-corrected chi connectivity index (χ1v) is 32.5. The van der Waals surface area contributed by atoms with Crippen LogP contribution in [0.3, 0.4) is 0 Å². The highest BCUT2D eigenvalue weighted by molar-refractivity contribution is 5.76. The number of nitrogens with one attached hydrogen (secondary N) is 1. The molecule has 14 nitrogen and oxygen atoms in total. The second-order valence-corrected chi connectivity index (χ2v) is 22.9. The number of hydrogen-bond acceptors (Lipinski definition) is 13. The predicted octanol–water partition coefficient (Wildman–Crippen LogP) is 12.1. The summed E-state index contributed by atoms with van der Waals surface area (Å²) in [6.45, 7) is 2.78. The Kier molecular flexibility index (Phi) is 47.2. The van der Waals surface area contributed by atoms with Gasteiger partial charge in [0.25, 0.3) is 0 Å². The van der Waals surface area contributed by atoms with Crippen LogP contribution in [0.1, 0.15) is 258 Å². The van der Waals surface area contributed by atoms with Gasteiger partial charge in [-0.15, -0.1) is 0 Å². The van der Waals surface area contributed by atoms with E-state index in [0.29, 0.717) is 12.8 Å². The third-order valence-corrected chi connectivity index (χ3v) is 15.7. The van der Waals surface area contributed by atoms with Gasteiger partial charge in [0.2, 0.25) is 5.91 Å². The quantitative estimate of drug-likeness (QED) is 0.0204. The standard InChI is InChI=1S/C66H119NO13/c1-3-5-7-9-11-13-15-17-19-21-23-25-26-27-28-30-31-33-35-37-39-41-43-45-47-49-55(70)54(53-77-65-63(76)61(74)64(57(52-69)79-65)80-66-62(75)60(73)59(72)56(51-68)78-66)67-58(71)50-48-46-44-42-40-38-36-34-32-29-24-22-20-18-16-14-12-10-8-6-4-2/h16,18,22,24,31,33,39,41,47,49,54-57,59-66,68-70,72-76H,3-15,17,19-21,23,25-30,32,34-38,40,42-46,48,50-53H2,1-2H3,(H,67,71)/b18-16-,24-22-,33-31+,41-39+,49-47+. The molecule has 466 valence electrons. The molecular formula is C66H119NO13. The molecule has 2 aliphatic heterocycles. The van der Waals surface area contributed by atoms with Crippen molar-refractivity contribution in [3.8, 4) is 0 Å². The molecular weight excluding hydrogens is 1010 g/mol.